The van der Waals surface area contributed by atoms with Gasteiger partial charge < -0.3 is 10.2 Å². The van der Waals surface area contributed by atoms with Crippen molar-refractivity contribution in [3.8, 4) is 0 Å². The Bertz CT molecular complexity index is 1090. The van der Waals surface area contributed by atoms with Crippen molar-refractivity contribution in [1.82, 2.24) is 10.2 Å². The van der Waals surface area contributed by atoms with Gasteiger partial charge in [-0.2, -0.15) is 0 Å². The summed E-state index contributed by atoms with van der Waals surface area (Å²) in [5, 5.41) is 3.40. The third-order valence-corrected chi connectivity index (χ3v) is 6.54. The minimum Gasteiger partial charge on any atom is -0.350 e. The number of aryl methyl sites for hydroxylation is 1. The van der Waals surface area contributed by atoms with Crippen LogP contribution in [0.3, 0.4) is 0 Å². The Labute approximate surface area is 208 Å². The second-order valence-corrected chi connectivity index (χ2v) is 11.8. The van der Waals surface area contributed by atoms with Crippen molar-refractivity contribution in [1.29, 1.82) is 0 Å². The summed E-state index contributed by atoms with van der Waals surface area (Å²) in [7, 11) is -3.78. The highest BCUT2D eigenvalue weighted by Crippen LogP contribution is 2.22. The molecule has 0 heterocycles. The Kier molecular flexibility index (Phi) is 9.14. The molecule has 1 unspecified atom stereocenters. The van der Waals surface area contributed by atoms with Gasteiger partial charge in [0, 0.05) is 17.1 Å². The summed E-state index contributed by atoms with van der Waals surface area (Å²) >= 11 is 5.95. The number of amides is 2. The van der Waals surface area contributed by atoms with Crippen molar-refractivity contribution in [3.63, 3.8) is 0 Å². The van der Waals surface area contributed by atoms with E-state index in [2.05, 4.69) is 5.32 Å². The molecule has 2 amide bonds. The molecule has 0 bridgehead atoms. The molecule has 2 aromatic carbocycles. The minimum absolute atomic E-state index is 0.174. The lowest BCUT2D eigenvalue weighted by Crippen LogP contribution is -2.55. The van der Waals surface area contributed by atoms with Gasteiger partial charge in [-0.1, -0.05) is 48.4 Å². The number of hydrogen-bond acceptors (Lipinski definition) is 4. The topological polar surface area (TPSA) is 86.8 Å². The first-order valence-electron chi connectivity index (χ1n) is 11.1. The van der Waals surface area contributed by atoms with Crippen LogP contribution in [0.5, 0.6) is 0 Å². The van der Waals surface area contributed by atoms with Crippen LogP contribution >= 0.6 is 11.6 Å². The second-order valence-electron chi connectivity index (χ2n) is 9.42. The zero-order chi connectivity index (χ0) is 25.7. The van der Waals surface area contributed by atoms with E-state index in [0.29, 0.717) is 17.1 Å². The van der Waals surface area contributed by atoms with Crippen LogP contribution < -0.4 is 9.62 Å². The van der Waals surface area contributed by atoms with E-state index in [-0.39, 0.29) is 12.5 Å². The van der Waals surface area contributed by atoms with Crippen molar-refractivity contribution in [2.45, 2.75) is 59.2 Å². The largest absolute Gasteiger partial charge is 0.350 e. The first kappa shape index (κ1) is 27.7. The molecule has 34 heavy (non-hydrogen) atoms. The average molecular weight is 508 g/mol. The molecular weight excluding hydrogens is 474 g/mol. The van der Waals surface area contributed by atoms with Crippen LogP contribution in [0.4, 0.5) is 5.69 Å². The van der Waals surface area contributed by atoms with Crippen molar-refractivity contribution in [2.24, 2.45) is 0 Å². The predicted octanol–water partition coefficient (Wildman–Crippen LogP) is 4.14. The Morgan fingerprint density at radius 1 is 1.03 bits per heavy atom. The molecule has 0 aliphatic carbocycles. The number of anilines is 1. The molecule has 0 aliphatic rings. The monoisotopic (exact) mass is 507 g/mol. The van der Waals surface area contributed by atoms with Gasteiger partial charge in [-0.15, -0.1) is 0 Å². The third kappa shape index (κ3) is 8.02. The molecule has 0 fully saturated rings. The van der Waals surface area contributed by atoms with E-state index in [1.54, 1.807) is 24.3 Å². The molecule has 2 rings (SSSR count). The van der Waals surface area contributed by atoms with Gasteiger partial charge in [0.2, 0.25) is 21.8 Å². The minimum atomic E-state index is -3.78. The van der Waals surface area contributed by atoms with Crippen LogP contribution in [0.1, 0.15) is 45.2 Å². The summed E-state index contributed by atoms with van der Waals surface area (Å²) in [6.45, 7) is 9.14. The molecule has 1 atom stereocenters. The Morgan fingerprint density at radius 2 is 1.59 bits per heavy atom. The Hall–Kier alpha value is -2.58. The van der Waals surface area contributed by atoms with Gasteiger partial charge >= 0.3 is 0 Å². The van der Waals surface area contributed by atoms with E-state index in [4.69, 9.17) is 11.6 Å². The van der Waals surface area contributed by atoms with Crippen LogP contribution in [0.25, 0.3) is 0 Å². The molecule has 0 radical (unpaired) electrons. The number of carbonyl (C=O) groups is 2. The first-order valence-corrected chi connectivity index (χ1v) is 13.3. The van der Waals surface area contributed by atoms with Gasteiger partial charge in [0.15, 0.2) is 0 Å². The maximum absolute atomic E-state index is 13.6. The smallest absolute Gasteiger partial charge is 0.244 e. The van der Waals surface area contributed by atoms with E-state index in [0.717, 1.165) is 21.7 Å². The molecule has 0 aromatic heterocycles. The number of nitrogens with zero attached hydrogens (tertiary/aromatic N) is 2. The predicted molar refractivity (Wildman–Crippen MR) is 137 cm³/mol. The van der Waals surface area contributed by atoms with E-state index >= 15 is 0 Å². The fourth-order valence-corrected chi connectivity index (χ4v) is 4.46. The standard InChI is InChI=1S/C25H34ClN3O4S/c1-7-22(24(31)27-25(3,4)5)28(16-19-10-8-18(2)9-11-19)23(30)17-29(34(6,32)33)21-14-12-20(26)13-15-21/h8-15,22H,7,16-17H2,1-6H3,(H,27,31). The van der Waals surface area contributed by atoms with Gasteiger partial charge in [-0.05, 0) is 63.9 Å². The Morgan fingerprint density at radius 3 is 2.06 bits per heavy atom. The van der Waals surface area contributed by atoms with E-state index in [9.17, 15) is 18.0 Å². The molecule has 2 aromatic rings. The van der Waals surface area contributed by atoms with Gasteiger partial charge in [-0.3, -0.25) is 13.9 Å². The highest BCUT2D eigenvalue weighted by molar-refractivity contribution is 7.92. The zero-order valence-corrected chi connectivity index (χ0v) is 22.2. The summed E-state index contributed by atoms with van der Waals surface area (Å²) in [5.41, 5.74) is 1.76. The molecule has 9 heteroatoms. The van der Waals surface area contributed by atoms with Crippen molar-refractivity contribution in [3.05, 3.63) is 64.7 Å². The lowest BCUT2D eigenvalue weighted by molar-refractivity contribution is -0.141. The average Bonchev–Trinajstić information content (AvgIpc) is 2.72. The summed E-state index contributed by atoms with van der Waals surface area (Å²) in [6, 6.07) is 13.1. The summed E-state index contributed by atoms with van der Waals surface area (Å²) in [6.07, 6.45) is 1.42. The number of hydrogen-bond donors (Lipinski definition) is 1. The molecule has 186 valence electrons. The molecule has 0 saturated heterocycles. The summed E-state index contributed by atoms with van der Waals surface area (Å²) in [4.78, 5) is 28.2. The van der Waals surface area contributed by atoms with Gasteiger partial charge in [0.05, 0.1) is 11.9 Å². The van der Waals surface area contributed by atoms with Crippen molar-refractivity contribution in [2.75, 3.05) is 17.1 Å². The lowest BCUT2D eigenvalue weighted by atomic mass is 10.1. The molecule has 1 N–H and O–H groups in total. The normalized spacial score (nSPS) is 12.7. The molecular formula is C25H34ClN3O4S. The summed E-state index contributed by atoms with van der Waals surface area (Å²) < 4.78 is 26.2. The lowest BCUT2D eigenvalue weighted by Gasteiger charge is -2.34. The maximum Gasteiger partial charge on any atom is 0.244 e. The second kappa shape index (κ2) is 11.2. The highest BCUT2D eigenvalue weighted by Gasteiger charge is 2.33. The number of rotatable bonds is 9. The van der Waals surface area contributed by atoms with Crippen LogP contribution in [-0.4, -0.2) is 49.5 Å². The van der Waals surface area contributed by atoms with Crippen LogP contribution in [0.2, 0.25) is 5.02 Å². The fourth-order valence-electron chi connectivity index (χ4n) is 3.48. The van der Waals surface area contributed by atoms with Crippen molar-refractivity contribution < 1.29 is 18.0 Å². The van der Waals surface area contributed by atoms with E-state index < -0.39 is 34.1 Å². The van der Waals surface area contributed by atoms with Gasteiger partial charge in [0.25, 0.3) is 0 Å². The van der Waals surface area contributed by atoms with Crippen LogP contribution in [0.15, 0.2) is 48.5 Å². The number of nitrogens with one attached hydrogen (secondary N) is 1. The number of carbonyl (C=O) groups excluding carboxylic acids is 2. The summed E-state index contributed by atoms with van der Waals surface area (Å²) in [5.74, 6) is -0.760. The quantitative estimate of drug-likeness (QED) is 0.552. The molecule has 0 spiro atoms. The SMILES string of the molecule is CCC(C(=O)NC(C)(C)C)N(Cc1ccc(C)cc1)C(=O)CN(c1ccc(Cl)cc1)S(C)(=O)=O. The first-order chi connectivity index (χ1) is 15.7. The zero-order valence-electron chi connectivity index (χ0n) is 20.6. The van der Waals surface area contributed by atoms with Gasteiger partial charge in [0.1, 0.15) is 12.6 Å². The molecule has 0 saturated carbocycles. The highest BCUT2D eigenvalue weighted by atomic mass is 35.5. The number of sulfonamides is 1. The Balaban J connectivity index is 2.43. The van der Waals surface area contributed by atoms with Gasteiger partial charge in [-0.25, -0.2) is 8.42 Å². The number of benzene rings is 2. The van der Waals surface area contributed by atoms with Crippen LogP contribution in [-0.2, 0) is 26.2 Å². The van der Waals surface area contributed by atoms with E-state index in [1.165, 1.54) is 4.90 Å². The van der Waals surface area contributed by atoms with E-state index in [1.807, 2.05) is 58.9 Å². The molecule has 0 aliphatic heterocycles. The third-order valence-electron chi connectivity index (χ3n) is 5.15. The maximum atomic E-state index is 13.6. The molecule has 7 nitrogen and oxygen atoms in total. The van der Waals surface area contributed by atoms with Crippen LogP contribution in [0, 0.1) is 6.92 Å². The van der Waals surface area contributed by atoms with Crippen molar-refractivity contribution >= 4 is 39.1 Å². The fraction of sp³-hybridized carbons (Fsp3) is 0.440. The number of halogens is 1.